The van der Waals surface area contributed by atoms with E-state index >= 15 is 0 Å². The molecule has 1 heterocycles. The molecule has 1 aromatic rings. The van der Waals surface area contributed by atoms with Gasteiger partial charge < -0.3 is 14.8 Å². The molecule has 0 aliphatic carbocycles. The molecule has 0 radical (unpaired) electrons. The SMILES string of the molecule is CCOP(=O)(OCC)[C@H](N)c1ccc(C)s1. The minimum atomic E-state index is -3.23. The van der Waals surface area contributed by atoms with Crippen LogP contribution in [0.25, 0.3) is 0 Å². The van der Waals surface area contributed by atoms with Gasteiger partial charge in [-0.1, -0.05) is 0 Å². The Hall–Kier alpha value is -0.190. The maximum Gasteiger partial charge on any atom is 0.352 e. The molecule has 0 aromatic carbocycles. The molecule has 16 heavy (non-hydrogen) atoms. The molecule has 0 unspecified atom stereocenters. The first-order valence-corrected chi connectivity index (χ1v) is 7.67. The van der Waals surface area contributed by atoms with Crippen LogP contribution in [0.4, 0.5) is 0 Å². The van der Waals surface area contributed by atoms with Gasteiger partial charge in [0, 0.05) is 9.75 Å². The van der Waals surface area contributed by atoms with Crippen molar-refractivity contribution in [1.82, 2.24) is 0 Å². The molecule has 0 aliphatic rings. The number of hydrogen-bond acceptors (Lipinski definition) is 5. The Balaban J connectivity index is 2.90. The molecule has 4 nitrogen and oxygen atoms in total. The summed E-state index contributed by atoms with van der Waals surface area (Å²) in [6.45, 7) is 6.19. The predicted molar refractivity (Wildman–Crippen MR) is 66.8 cm³/mol. The van der Waals surface area contributed by atoms with Crippen LogP contribution >= 0.6 is 18.9 Å². The van der Waals surface area contributed by atoms with Crippen LogP contribution in [0, 0.1) is 6.92 Å². The molecule has 1 atom stereocenters. The van der Waals surface area contributed by atoms with E-state index in [1.54, 1.807) is 13.8 Å². The molecule has 0 bridgehead atoms. The van der Waals surface area contributed by atoms with Gasteiger partial charge in [-0.05, 0) is 32.9 Å². The zero-order chi connectivity index (χ0) is 12.2. The molecule has 1 rings (SSSR count). The minimum absolute atomic E-state index is 0.329. The minimum Gasteiger partial charge on any atom is -0.313 e. The van der Waals surface area contributed by atoms with Gasteiger partial charge in [0.2, 0.25) is 0 Å². The number of hydrogen-bond donors (Lipinski definition) is 1. The van der Waals surface area contributed by atoms with Gasteiger partial charge in [0.15, 0.2) is 0 Å². The fraction of sp³-hybridized carbons (Fsp3) is 0.600. The van der Waals surface area contributed by atoms with Crippen molar-refractivity contribution in [3.8, 4) is 0 Å². The van der Waals surface area contributed by atoms with Crippen LogP contribution in [0.3, 0.4) is 0 Å². The molecule has 0 fully saturated rings. The first kappa shape index (κ1) is 13.9. The lowest BCUT2D eigenvalue weighted by Crippen LogP contribution is -2.13. The second-order valence-electron chi connectivity index (χ2n) is 3.27. The molecule has 1 aromatic heterocycles. The van der Waals surface area contributed by atoms with Crippen LogP contribution in [0.5, 0.6) is 0 Å². The number of rotatable bonds is 6. The van der Waals surface area contributed by atoms with Gasteiger partial charge in [-0.2, -0.15) is 0 Å². The van der Waals surface area contributed by atoms with E-state index < -0.39 is 13.4 Å². The van der Waals surface area contributed by atoms with Crippen LogP contribution in [0.15, 0.2) is 12.1 Å². The maximum atomic E-state index is 12.4. The third-order valence-corrected chi connectivity index (χ3v) is 5.47. The first-order valence-electron chi connectivity index (χ1n) is 5.24. The molecule has 0 aliphatic heterocycles. The molecular formula is C10H18NO3PS. The Morgan fingerprint density at radius 3 is 2.31 bits per heavy atom. The second kappa shape index (κ2) is 5.94. The van der Waals surface area contributed by atoms with E-state index in [4.69, 9.17) is 14.8 Å². The van der Waals surface area contributed by atoms with Gasteiger partial charge in [0.25, 0.3) is 0 Å². The molecule has 92 valence electrons. The summed E-state index contributed by atoms with van der Waals surface area (Å²) in [4.78, 5) is 1.97. The van der Waals surface area contributed by atoms with Crippen molar-refractivity contribution >= 4 is 18.9 Å². The van der Waals surface area contributed by atoms with Gasteiger partial charge in [0.05, 0.1) is 13.2 Å². The smallest absolute Gasteiger partial charge is 0.313 e. The van der Waals surface area contributed by atoms with Gasteiger partial charge in [-0.3, -0.25) is 4.57 Å². The van der Waals surface area contributed by atoms with Crippen LogP contribution in [-0.2, 0) is 13.6 Å². The van der Waals surface area contributed by atoms with Crippen molar-refractivity contribution in [3.05, 3.63) is 21.9 Å². The Morgan fingerprint density at radius 2 is 1.94 bits per heavy atom. The Labute approximate surface area is 100 Å². The molecular weight excluding hydrogens is 245 g/mol. The lowest BCUT2D eigenvalue weighted by Gasteiger charge is -2.22. The summed E-state index contributed by atoms with van der Waals surface area (Å²) >= 11 is 1.52. The van der Waals surface area contributed by atoms with Crippen molar-refractivity contribution in [2.75, 3.05) is 13.2 Å². The highest BCUT2D eigenvalue weighted by atomic mass is 32.1. The summed E-state index contributed by atoms with van der Waals surface area (Å²) in [7, 11) is -3.23. The molecule has 0 amide bonds. The fourth-order valence-electron chi connectivity index (χ4n) is 1.33. The van der Waals surface area contributed by atoms with E-state index in [1.165, 1.54) is 11.3 Å². The summed E-state index contributed by atoms with van der Waals surface area (Å²) in [5.74, 6) is -0.689. The number of thiophene rings is 1. The normalized spacial score (nSPS) is 14.0. The Bertz CT molecular complexity index is 370. The number of aryl methyl sites for hydroxylation is 1. The molecule has 0 saturated carbocycles. The lowest BCUT2D eigenvalue weighted by molar-refractivity contribution is 0.212. The summed E-state index contributed by atoms with van der Waals surface area (Å²) in [5, 5.41) is 0. The molecule has 2 N–H and O–H groups in total. The van der Waals surface area contributed by atoms with E-state index in [9.17, 15) is 4.57 Å². The fourth-order valence-corrected chi connectivity index (χ4v) is 4.15. The topological polar surface area (TPSA) is 61.5 Å². The van der Waals surface area contributed by atoms with E-state index in [0.717, 1.165) is 9.75 Å². The highest BCUT2D eigenvalue weighted by Gasteiger charge is 2.34. The zero-order valence-electron chi connectivity index (χ0n) is 9.80. The van der Waals surface area contributed by atoms with Crippen molar-refractivity contribution < 1.29 is 13.6 Å². The van der Waals surface area contributed by atoms with Crippen LogP contribution in [0.1, 0.15) is 29.4 Å². The first-order chi connectivity index (χ1) is 7.53. The number of nitrogens with two attached hydrogens (primary N) is 1. The second-order valence-corrected chi connectivity index (χ2v) is 6.74. The van der Waals surface area contributed by atoms with Crippen LogP contribution in [0.2, 0.25) is 0 Å². The zero-order valence-corrected chi connectivity index (χ0v) is 11.5. The monoisotopic (exact) mass is 263 g/mol. The van der Waals surface area contributed by atoms with E-state index in [-0.39, 0.29) is 0 Å². The maximum absolute atomic E-state index is 12.4. The summed E-state index contributed by atoms with van der Waals surface area (Å²) < 4.78 is 22.8. The summed E-state index contributed by atoms with van der Waals surface area (Å²) in [6.07, 6.45) is 0. The van der Waals surface area contributed by atoms with E-state index in [1.807, 2.05) is 19.1 Å². The van der Waals surface area contributed by atoms with Crippen molar-refractivity contribution in [2.24, 2.45) is 5.73 Å². The van der Waals surface area contributed by atoms with Crippen molar-refractivity contribution in [1.29, 1.82) is 0 Å². The lowest BCUT2D eigenvalue weighted by atomic mass is 10.4. The van der Waals surface area contributed by atoms with Crippen LogP contribution in [-0.4, -0.2) is 13.2 Å². The van der Waals surface area contributed by atoms with Gasteiger partial charge in [0.1, 0.15) is 5.78 Å². The largest absolute Gasteiger partial charge is 0.352 e. The molecule has 0 saturated heterocycles. The van der Waals surface area contributed by atoms with E-state index in [0.29, 0.717) is 13.2 Å². The third kappa shape index (κ3) is 3.15. The van der Waals surface area contributed by atoms with Crippen LogP contribution < -0.4 is 5.73 Å². The standard InChI is InChI=1S/C10H18NO3PS/c1-4-13-15(12,14-5-2)10(11)9-7-6-8(3)16-9/h6-7,10H,4-5,11H2,1-3H3/t10-/m0/s1. The summed E-state index contributed by atoms with van der Waals surface area (Å²) in [5.41, 5.74) is 5.96. The van der Waals surface area contributed by atoms with Gasteiger partial charge in [-0.25, -0.2) is 0 Å². The summed E-state index contributed by atoms with van der Waals surface area (Å²) in [6, 6.07) is 3.82. The Kier molecular flexibility index (Phi) is 5.15. The highest BCUT2D eigenvalue weighted by molar-refractivity contribution is 7.54. The van der Waals surface area contributed by atoms with E-state index in [2.05, 4.69) is 0 Å². The van der Waals surface area contributed by atoms with Gasteiger partial charge >= 0.3 is 7.60 Å². The highest BCUT2D eigenvalue weighted by Crippen LogP contribution is 2.59. The Morgan fingerprint density at radius 1 is 1.38 bits per heavy atom. The quantitative estimate of drug-likeness (QED) is 0.800. The molecule has 6 heteroatoms. The predicted octanol–water partition coefficient (Wildman–Crippen LogP) is 3.28. The average molecular weight is 263 g/mol. The average Bonchev–Trinajstić information content (AvgIpc) is 2.64. The van der Waals surface area contributed by atoms with Crippen molar-refractivity contribution in [2.45, 2.75) is 26.6 Å². The van der Waals surface area contributed by atoms with Gasteiger partial charge in [-0.15, -0.1) is 11.3 Å². The molecule has 0 spiro atoms. The van der Waals surface area contributed by atoms with Crippen molar-refractivity contribution in [3.63, 3.8) is 0 Å². The third-order valence-electron chi connectivity index (χ3n) is 2.01.